The van der Waals surface area contributed by atoms with Crippen molar-refractivity contribution in [3.05, 3.63) is 72.3 Å². The van der Waals surface area contributed by atoms with Crippen LogP contribution in [0.4, 0.5) is 0 Å². The number of para-hydroxylation sites is 2. The standard InChI is InChI=1S/C18H16N4O2/c23-17(9-10-22-12-19-11-20-22)21-18-13-5-1-3-7-15(13)24-16-8-4-2-6-14(16)18/h1-8,11-12,18H,9-10H2,(H,21,23). The fourth-order valence-corrected chi connectivity index (χ4v) is 2.86. The van der Waals surface area contributed by atoms with E-state index in [1.807, 2.05) is 48.5 Å². The highest BCUT2D eigenvalue weighted by Crippen LogP contribution is 2.42. The molecule has 1 aliphatic heterocycles. The molecule has 1 aliphatic rings. The summed E-state index contributed by atoms with van der Waals surface area (Å²) in [5.41, 5.74) is 1.93. The lowest BCUT2D eigenvalue weighted by Gasteiger charge is -2.28. The molecule has 0 saturated carbocycles. The molecule has 3 aromatic rings. The van der Waals surface area contributed by atoms with E-state index in [0.717, 1.165) is 22.6 Å². The van der Waals surface area contributed by atoms with Crippen LogP contribution in [0.2, 0.25) is 0 Å². The normalized spacial score (nSPS) is 12.8. The zero-order valence-corrected chi connectivity index (χ0v) is 12.9. The van der Waals surface area contributed by atoms with Crippen LogP contribution in [0, 0.1) is 0 Å². The van der Waals surface area contributed by atoms with Gasteiger partial charge in [0.15, 0.2) is 0 Å². The summed E-state index contributed by atoms with van der Waals surface area (Å²) in [5, 5.41) is 7.13. The van der Waals surface area contributed by atoms with Crippen molar-refractivity contribution in [2.45, 2.75) is 19.0 Å². The van der Waals surface area contributed by atoms with Crippen LogP contribution in [0.25, 0.3) is 0 Å². The van der Waals surface area contributed by atoms with Crippen LogP contribution < -0.4 is 10.1 Å². The summed E-state index contributed by atoms with van der Waals surface area (Å²) in [6, 6.07) is 15.3. The number of carbonyl (C=O) groups is 1. The van der Waals surface area contributed by atoms with E-state index in [9.17, 15) is 4.79 Å². The van der Waals surface area contributed by atoms with Gasteiger partial charge >= 0.3 is 0 Å². The lowest BCUT2D eigenvalue weighted by atomic mass is 9.94. The molecular formula is C18H16N4O2. The van der Waals surface area contributed by atoms with Crippen LogP contribution >= 0.6 is 0 Å². The number of aryl methyl sites for hydroxylation is 1. The minimum atomic E-state index is -0.214. The van der Waals surface area contributed by atoms with Gasteiger partial charge in [0.05, 0.1) is 12.6 Å². The molecule has 1 amide bonds. The molecule has 0 unspecified atom stereocenters. The Bertz CT molecular complexity index is 815. The second kappa shape index (κ2) is 6.16. The Labute approximate surface area is 139 Å². The number of carbonyl (C=O) groups excluding carboxylic acids is 1. The Balaban J connectivity index is 1.57. The first kappa shape index (κ1) is 14.4. The van der Waals surface area contributed by atoms with Crippen molar-refractivity contribution in [1.29, 1.82) is 0 Å². The molecule has 0 fully saturated rings. The van der Waals surface area contributed by atoms with Crippen LogP contribution in [0.3, 0.4) is 0 Å². The molecule has 2 heterocycles. The van der Waals surface area contributed by atoms with Crippen LogP contribution in [-0.2, 0) is 11.3 Å². The summed E-state index contributed by atoms with van der Waals surface area (Å²) in [5.74, 6) is 1.51. The van der Waals surface area contributed by atoms with Crippen LogP contribution in [-0.4, -0.2) is 20.7 Å². The van der Waals surface area contributed by atoms with Crippen molar-refractivity contribution < 1.29 is 9.53 Å². The Kier molecular flexibility index (Phi) is 3.70. The summed E-state index contributed by atoms with van der Waals surface area (Å²) >= 11 is 0. The summed E-state index contributed by atoms with van der Waals surface area (Å²) < 4.78 is 7.58. The number of fused-ring (bicyclic) bond motifs is 2. The molecule has 120 valence electrons. The first-order valence-corrected chi connectivity index (χ1v) is 7.79. The number of amides is 1. The number of benzene rings is 2. The molecule has 0 radical (unpaired) electrons. The van der Waals surface area contributed by atoms with Crippen molar-refractivity contribution in [3.63, 3.8) is 0 Å². The Morgan fingerprint density at radius 3 is 2.38 bits per heavy atom. The molecule has 2 aromatic carbocycles. The molecular weight excluding hydrogens is 304 g/mol. The predicted molar refractivity (Wildman–Crippen MR) is 87.6 cm³/mol. The van der Waals surface area contributed by atoms with Gasteiger partial charge in [-0.2, -0.15) is 5.10 Å². The van der Waals surface area contributed by atoms with Gasteiger partial charge in [0.1, 0.15) is 24.2 Å². The van der Waals surface area contributed by atoms with Crippen LogP contribution in [0.15, 0.2) is 61.2 Å². The smallest absolute Gasteiger partial charge is 0.222 e. The fraction of sp³-hybridized carbons (Fsp3) is 0.167. The van der Waals surface area contributed by atoms with E-state index < -0.39 is 0 Å². The van der Waals surface area contributed by atoms with E-state index >= 15 is 0 Å². The van der Waals surface area contributed by atoms with E-state index in [0.29, 0.717) is 13.0 Å². The van der Waals surface area contributed by atoms with E-state index in [-0.39, 0.29) is 11.9 Å². The number of rotatable bonds is 4. The Morgan fingerprint density at radius 2 is 1.75 bits per heavy atom. The minimum absolute atomic E-state index is 0.0398. The molecule has 0 atom stereocenters. The van der Waals surface area contributed by atoms with E-state index in [2.05, 4.69) is 15.4 Å². The monoisotopic (exact) mass is 320 g/mol. The zero-order chi connectivity index (χ0) is 16.4. The lowest BCUT2D eigenvalue weighted by Crippen LogP contribution is -2.31. The Hall–Kier alpha value is -3.15. The van der Waals surface area contributed by atoms with E-state index in [1.54, 1.807) is 11.0 Å². The number of hydrogen-bond donors (Lipinski definition) is 1. The number of hydrogen-bond acceptors (Lipinski definition) is 4. The number of aromatic nitrogens is 3. The van der Waals surface area contributed by atoms with Gasteiger partial charge < -0.3 is 10.1 Å². The third kappa shape index (κ3) is 2.74. The number of nitrogens with zero attached hydrogens (tertiary/aromatic N) is 3. The average Bonchev–Trinajstić information content (AvgIpc) is 3.13. The molecule has 0 spiro atoms. The zero-order valence-electron chi connectivity index (χ0n) is 12.9. The SMILES string of the molecule is O=C(CCn1cncn1)NC1c2ccccc2Oc2ccccc21. The third-order valence-electron chi connectivity index (χ3n) is 4.02. The summed E-state index contributed by atoms with van der Waals surface area (Å²) in [6.07, 6.45) is 3.40. The fourth-order valence-electron chi connectivity index (χ4n) is 2.86. The maximum Gasteiger partial charge on any atom is 0.222 e. The van der Waals surface area contributed by atoms with Gasteiger partial charge in [-0.3, -0.25) is 9.48 Å². The molecule has 6 nitrogen and oxygen atoms in total. The van der Waals surface area contributed by atoms with Crippen LogP contribution in [0.1, 0.15) is 23.6 Å². The topological polar surface area (TPSA) is 69.0 Å². The molecule has 4 rings (SSSR count). The van der Waals surface area contributed by atoms with Crippen molar-refractivity contribution in [2.24, 2.45) is 0 Å². The molecule has 1 N–H and O–H groups in total. The minimum Gasteiger partial charge on any atom is -0.457 e. The quantitative estimate of drug-likeness (QED) is 0.802. The van der Waals surface area contributed by atoms with Gasteiger partial charge in [-0.05, 0) is 12.1 Å². The first-order chi connectivity index (χ1) is 11.8. The van der Waals surface area contributed by atoms with Gasteiger partial charge in [0.2, 0.25) is 5.91 Å². The van der Waals surface area contributed by atoms with Gasteiger partial charge in [-0.25, -0.2) is 4.98 Å². The van der Waals surface area contributed by atoms with Crippen molar-refractivity contribution in [3.8, 4) is 11.5 Å². The summed E-state index contributed by atoms with van der Waals surface area (Å²) in [4.78, 5) is 16.3. The van der Waals surface area contributed by atoms with Crippen molar-refractivity contribution in [2.75, 3.05) is 0 Å². The maximum absolute atomic E-state index is 12.4. The van der Waals surface area contributed by atoms with Gasteiger partial charge in [-0.15, -0.1) is 0 Å². The lowest BCUT2D eigenvalue weighted by molar-refractivity contribution is -0.121. The second-order valence-electron chi connectivity index (χ2n) is 5.59. The largest absolute Gasteiger partial charge is 0.457 e. The van der Waals surface area contributed by atoms with Crippen molar-refractivity contribution in [1.82, 2.24) is 20.1 Å². The predicted octanol–water partition coefficient (Wildman–Crippen LogP) is 2.68. The van der Waals surface area contributed by atoms with E-state index in [4.69, 9.17) is 4.74 Å². The van der Waals surface area contributed by atoms with Gasteiger partial charge in [0, 0.05) is 17.5 Å². The van der Waals surface area contributed by atoms with Gasteiger partial charge in [0.25, 0.3) is 0 Å². The highest BCUT2D eigenvalue weighted by Gasteiger charge is 2.27. The molecule has 24 heavy (non-hydrogen) atoms. The first-order valence-electron chi connectivity index (χ1n) is 7.79. The number of nitrogens with one attached hydrogen (secondary N) is 1. The average molecular weight is 320 g/mol. The Morgan fingerprint density at radius 1 is 1.08 bits per heavy atom. The van der Waals surface area contributed by atoms with Gasteiger partial charge in [-0.1, -0.05) is 36.4 Å². The van der Waals surface area contributed by atoms with E-state index in [1.165, 1.54) is 6.33 Å². The maximum atomic E-state index is 12.4. The van der Waals surface area contributed by atoms with Crippen molar-refractivity contribution >= 4 is 5.91 Å². The third-order valence-corrected chi connectivity index (χ3v) is 4.02. The molecule has 6 heteroatoms. The number of ether oxygens (including phenoxy) is 1. The summed E-state index contributed by atoms with van der Waals surface area (Å²) in [7, 11) is 0. The highest BCUT2D eigenvalue weighted by molar-refractivity contribution is 5.77. The molecule has 0 bridgehead atoms. The molecule has 0 saturated heterocycles. The molecule has 0 aliphatic carbocycles. The second-order valence-corrected chi connectivity index (χ2v) is 5.59. The van der Waals surface area contributed by atoms with Crippen LogP contribution in [0.5, 0.6) is 11.5 Å². The molecule has 1 aromatic heterocycles. The summed E-state index contributed by atoms with van der Waals surface area (Å²) in [6.45, 7) is 0.498. The highest BCUT2D eigenvalue weighted by atomic mass is 16.5.